The lowest BCUT2D eigenvalue weighted by Crippen LogP contribution is -2.27. The fourth-order valence-corrected chi connectivity index (χ4v) is 2.79. The van der Waals surface area contributed by atoms with Gasteiger partial charge in [0.2, 0.25) is 5.91 Å². The van der Waals surface area contributed by atoms with E-state index in [9.17, 15) is 4.79 Å². The molecule has 1 amide bonds. The van der Waals surface area contributed by atoms with Crippen molar-refractivity contribution in [1.29, 1.82) is 5.26 Å². The zero-order chi connectivity index (χ0) is 14.4. The van der Waals surface area contributed by atoms with Crippen LogP contribution >= 0.6 is 0 Å². The van der Waals surface area contributed by atoms with E-state index in [2.05, 4.69) is 23.0 Å². The topological polar surface area (TPSA) is 69.8 Å². The number of aryl methyl sites for hydroxylation is 1. The molecule has 0 aliphatic heterocycles. The minimum absolute atomic E-state index is 0.0357. The molecule has 20 heavy (non-hydrogen) atoms. The second-order valence-electron chi connectivity index (χ2n) is 5.26. The van der Waals surface area contributed by atoms with E-state index in [-0.39, 0.29) is 5.91 Å². The molecule has 1 aliphatic carbocycles. The minimum atomic E-state index is -0.0357. The van der Waals surface area contributed by atoms with Gasteiger partial charge in [0.25, 0.3) is 0 Å². The number of hydrogen-bond donors (Lipinski definition) is 2. The van der Waals surface area contributed by atoms with Crippen LogP contribution in [-0.4, -0.2) is 24.1 Å². The Balaban J connectivity index is 2.00. The molecule has 1 aromatic heterocycles. The summed E-state index contributed by atoms with van der Waals surface area (Å²) in [5.41, 5.74) is 2.68. The lowest BCUT2D eigenvalue weighted by atomic mass is 10.1. The number of aromatic nitrogens is 1. The molecule has 5 heteroatoms. The number of nitrogens with one attached hydrogen (secondary N) is 2. The number of nitrogens with zero attached hydrogens (tertiary/aromatic N) is 2. The van der Waals surface area contributed by atoms with Crippen molar-refractivity contribution < 1.29 is 4.79 Å². The van der Waals surface area contributed by atoms with Gasteiger partial charge < -0.3 is 15.2 Å². The summed E-state index contributed by atoms with van der Waals surface area (Å²) in [7, 11) is 1.99. The van der Waals surface area contributed by atoms with Crippen molar-refractivity contribution in [1.82, 2.24) is 15.2 Å². The quantitative estimate of drug-likeness (QED) is 0.631. The smallest absolute Gasteiger partial charge is 0.239 e. The molecule has 0 saturated heterocycles. The van der Waals surface area contributed by atoms with Crippen LogP contribution in [0.1, 0.15) is 42.9 Å². The molecular formula is C15H22N4O. The van der Waals surface area contributed by atoms with Gasteiger partial charge in [-0.25, -0.2) is 0 Å². The molecule has 0 fully saturated rings. The molecule has 0 saturated carbocycles. The number of amides is 1. The van der Waals surface area contributed by atoms with Gasteiger partial charge in [-0.1, -0.05) is 6.42 Å². The third-order valence-corrected chi connectivity index (χ3v) is 3.80. The maximum atomic E-state index is 11.8. The predicted octanol–water partition coefficient (Wildman–Crippen LogP) is 1.50. The van der Waals surface area contributed by atoms with E-state index < -0.39 is 0 Å². The highest BCUT2D eigenvalue weighted by Crippen LogP contribution is 2.29. The van der Waals surface area contributed by atoms with Crippen molar-refractivity contribution in [2.24, 2.45) is 0 Å². The number of hydrogen-bond acceptors (Lipinski definition) is 3. The van der Waals surface area contributed by atoms with Crippen molar-refractivity contribution >= 4 is 5.91 Å². The monoisotopic (exact) mass is 274 g/mol. The highest BCUT2D eigenvalue weighted by Gasteiger charge is 2.19. The summed E-state index contributed by atoms with van der Waals surface area (Å²) in [5.74, 6) is -0.0357. The summed E-state index contributed by atoms with van der Waals surface area (Å²) in [6, 6.07) is 2.42. The highest BCUT2D eigenvalue weighted by atomic mass is 16.1. The Morgan fingerprint density at radius 2 is 2.35 bits per heavy atom. The summed E-state index contributed by atoms with van der Waals surface area (Å²) in [6.45, 7) is 0.754. The van der Waals surface area contributed by atoms with E-state index in [0.717, 1.165) is 12.8 Å². The Morgan fingerprint density at radius 1 is 1.50 bits per heavy atom. The highest BCUT2D eigenvalue weighted by molar-refractivity contribution is 5.75. The Hall–Kier alpha value is -1.80. The van der Waals surface area contributed by atoms with Gasteiger partial charge in [0.05, 0.1) is 12.5 Å². The van der Waals surface area contributed by atoms with Crippen LogP contribution in [0.2, 0.25) is 0 Å². The van der Waals surface area contributed by atoms with Crippen molar-refractivity contribution in [2.45, 2.75) is 44.7 Å². The number of fused-ring (bicyclic) bond motifs is 1. The largest absolute Gasteiger partial charge is 0.354 e. The van der Waals surface area contributed by atoms with Gasteiger partial charge >= 0.3 is 0 Å². The van der Waals surface area contributed by atoms with Crippen LogP contribution in [0.3, 0.4) is 0 Å². The molecule has 1 aliphatic rings. The van der Waals surface area contributed by atoms with Crippen LogP contribution in [0.25, 0.3) is 0 Å². The maximum absolute atomic E-state index is 11.8. The Morgan fingerprint density at radius 3 is 3.10 bits per heavy atom. The van der Waals surface area contributed by atoms with Gasteiger partial charge in [-0.05, 0) is 37.4 Å². The number of carbonyl (C=O) groups excluding carboxylic acids is 1. The summed E-state index contributed by atoms with van der Waals surface area (Å²) < 4.78 is 1.96. The zero-order valence-corrected chi connectivity index (χ0v) is 12.0. The van der Waals surface area contributed by atoms with Gasteiger partial charge in [0.1, 0.15) is 6.54 Å². The number of nitriles is 1. The summed E-state index contributed by atoms with van der Waals surface area (Å²) in [6.07, 6.45) is 9.24. The van der Waals surface area contributed by atoms with Crippen LogP contribution < -0.4 is 10.6 Å². The molecule has 2 N–H and O–H groups in total. The lowest BCUT2D eigenvalue weighted by Gasteiger charge is -2.13. The molecule has 108 valence electrons. The third kappa shape index (κ3) is 3.61. The maximum Gasteiger partial charge on any atom is 0.239 e. The fraction of sp³-hybridized carbons (Fsp3) is 0.600. The second-order valence-corrected chi connectivity index (χ2v) is 5.26. The van der Waals surface area contributed by atoms with Crippen LogP contribution in [0.15, 0.2) is 12.4 Å². The van der Waals surface area contributed by atoms with E-state index in [1.54, 1.807) is 0 Å². The first kappa shape index (κ1) is 14.6. The summed E-state index contributed by atoms with van der Waals surface area (Å²) in [5, 5.41) is 14.6. The fourth-order valence-electron chi connectivity index (χ4n) is 2.79. The van der Waals surface area contributed by atoms with Gasteiger partial charge in [0, 0.05) is 25.0 Å². The molecule has 1 heterocycles. The molecule has 0 radical (unpaired) electrons. The second kappa shape index (κ2) is 7.11. The number of carbonyl (C=O) groups is 1. The third-order valence-electron chi connectivity index (χ3n) is 3.80. The first-order valence-corrected chi connectivity index (χ1v) is 7.24. The van der Waals surface area contributed by atoms with Crippen molar-refractivity contribution in [3.8, 4) is 6.07 Å². The Bertz CT molecular complexity index is 500. The molecular weight excluding hydrogens is 252 g/mol. The van der Waals surface area contributed by atoms with Crippen molar-refractivity contribution in [3.63, 3.8) is 0 Å². The normalized spacial score (nSPS) is 17.9. The average Bonchev–Trinajstić information content (AvgIpc) is 2.72. The molecule has 1 unspecified atom stereocenters. The predicted molar refractivity (Wildman–Crippen MR) is 77.0 cm³/mol. The van der Waals surface area contributed by atoms with Gasteiger partial charge in [-0.3, -0.25) is 4.79 Å². The van der Waals surface area contributed by atoms with Crippen molar-refractivity contribution in [2.75, 3.05) is 13.6 Å². The van der Waals surface area contributed by atoms with E-state index in [1.807, 2.05) is 17.7 Å². The standard InChI is InChI=1S/C15H22N4O/c1-17-14-6-3-2-5-12-9-19(10-13(12)14)11-15(20)18-8-4-7-16/h9-10,14,17H,2-6,8,11H2,1H3,(H,18,20). The lowest BCUT2D eigenvalue weighted by molar-refractivity contribution is -0.121. The zero-order valence-electron chi connectivity index (χ0n) is 12.0. The first-order chi connectivity index (χ1) is 9.74. The SMILES string of the molecule is CNC1CCCCc2cn(CC(=O)NCCC#N)cc21. The Labute approximate surface area is 120 Å². The summed E-state index contributed by atoms with van der Waals surface area (Å²) >= 11 is 0. The van der Waals surface area contributed by atoms with Gasteiger partial charge in [-0.2, -0.15) is 5.26 Å². The molecule has 5 nitrogen and oxygen atoms in total. The van der Waals surface area contributed by atoms with E-state index in [0.29, 0.717) is 25.6 Å². The average molecular weight is 274 g/mol. The van der Waals surface area contributed by atoms with E-state index in [1.165, 1.54) is 24.0 Å². The van der Waals surface area contributed by atoms with Gasteiger partial charge in [-0.15, -0.1) is 0 Å². The van der Waals surface area contributed by atoms with Crippen LogP contribution in [0.5, 0.6) is 0 Å². The molecule has 0 bridgehead atoms. The van der Waals surface area contributed by atoms with Gasteiger partial charge in [0.15, 0.2) is 0 Å². The molecule has 2 rings (SSSR count). The minimum Gasteiger partial charge on any atom is -0.354 e. The van der Waals surface area contributed by atoms with Crippen LogP contribution in [-0.2, 0) is 17.8 Å². The first-order valence-electron chi connectivity index (χ1n) is 7.24. The van der Waals surface area contributed by atoms with E-state index >= 15 is 0 Å². The number of rotatable bonds is 5. The van der Waals surface area contributed by atoms with Crippen LogP contribution in [0, 0.1) is 11.3 Å². The van der Waals surface area contributed by atoms with E-state index in [4.69, 9.17) is 5.26 Å². The summed E-state index contributed by atoms with van der Waals surface area (Å²) in [4.78, 5) is 11.8. The van der Waals surface area contributed by atoms with Crippen molar-refractivity contribution in [3.05, 3.63) is 23.5 Å². The molecule has 0 aromatic carbocycles. The van der Waals surface area contributed by atoms with Crippen LogP contribution in [0.4, 0.5) is 0 Å². The molecule has 1 atom stereocenters. The molecule has 1 aromatic rings. The Kier molecular flexibility index (Phi) is 5.19. The molecule has 0 spiro atoms.